The molecule has 0 atom stereocenters. The molecule has 0 saturated heterocycles. The van der Waals surface area contributed by atoms with Gasteiger partial charge in [-0.1, -0.05) is 36.8 Å². The first-order valence-electron chi connectivity index (χ1n) is 6.66. The number of alkyl halides is 3. The van der Waals surface area contributed by atoms with Crippen LogP contribution in [0.1, 0.15) is 31.5 Å². The quantitative estimate of drug-likeness (QED) is 0.840. The average Bonchev–Trinajstić information content (AvgIpc) is 2.76. The van der Waals surface area contributed by atoms with Gasteiger partial charge in [-0.05, 0) is 24.8 Å². The highest BCUT2D eigenvalue weighted by Crippen LogP contribution is 2.37. The zero-order valence-electron chi connectivity index (χ0n) is 12.0. The molecule has 2 heterocycles. The smallest absolute Gasteiger partial charge is 0.389 e. The summed E-state index contributed by atoms with van der Waals surface area (Å²) >= 11 is 7.11. The fourth-order valence-corrected chi connectivity index (χ4v) is 3.02. The molecular formula is C14H15ClF3N3S. The molecule has 0 aromatic carbocycles. The summed E-state index contributed by atoms with van der Waals surface area (Å²) in [5.74, 6) is 0.511. The summed E-state index contributed by atoms with van der Waals surface area (Å²) in [6, 6.07) is 0.856. The minimum absolute atomic E-state index is 0.0843. The number of aromatic nitrogens is 2. The molecule has 0 radical (unpaired) electrons. The Hall–Kier alpha value is -1.34. The second-order valence-electron chi connectivity index (χ2n) is 5.31. The van der Waals surface area contributed by atoms with E-state index < -0.39 is 11.7 Å². The van der Waals surface area contributed by atoms with Crippen molar-refractivity contribution in [2.75, 3.05) is 5.73 Å². The summed E-state index contributed by atoms with van der Waals surface area (Å²) in [5.41, 5.74) is 6.00. The van der Waals surface area contributed by atoms with E-state index in [1.54, 1.807) is 0 Å². The van der Waals surface area contributed by atoms with E-state index in [2.05, 4.69) is 23.8 Å². The molecule has 120 valence electrons. The lowest BCUT2D eigenvalue weighted by Crippen LogP contribution is -2.05. The number of nitrogen functional groups attached to an aromatic ring is 1. The highest BCUT2D eigenvalue weighted by atomic mass is 35.5. The van der Waals surface area contributed by atoms with Crippen LogP contribution in [0.15, 0.2) is 12.3 Å². The monoisotopic (exact) mass is 349 g/mol. The molecule has 0 amide bonds. The van der Waals surface area contributed by atoms with Gasteiger partial charge in [-0.15, -0.1) is 0 Å². The molecule has 0 fully saturated rings. The number of thiazole rings is 1. The maximum Gasteiger partial charge on any atom is 0.417 e. The predicted molar refractivity (Wildman–Crippen MR) is 82.9 cm³/mol. The average molecular weight is 350 g/mol. The second-order valence-corrected chi connectivity index (χ2v) is 6.75. The Balaban J connectivity index is 2.31. The third-order valence-electron chi connectivity index (χ3n) is 3.06. The van der Waals surface area contributed by atoms with E-state index in [4.69, 9.17) is 17.3 Å². The standard InChI is InChI=1S/C14H15ClF3N3S/c1-7(2)3-4-10-12(19)22-13(21-10)11-9(15)5-8(6-20-11)14(16,17)18/h5-7H,3-4,19H2,1-2H3. The van der Waals surface area contributed by atoms with E-state index in [0.29, 0.717) is 15.9 Å². The summed E-state index contributed by atoms with van der Waals surface area (Å²) in [5, 5.41) is 0.905. The number of halogens is 4. The Kier molecular flexibility index (Phi) is 4.97. The summed E-state index contributed by atoms with van der Waals surface area (Å²) in [6.07, 6.45) is -2.06. The minimum Gasteiger partial charge on any atom is -0.389 e. The van der Waals surface area contributed by atoms with Crippen molar-refractivity contribution in [1.82, 2.24) is 9.97 Å². The molecule has 2 N–H and O–H groups in total. The van der Waals surface area contributed by atoms with Crippen molar-refractivity contribution < 1.29 is 13.2 Å². The molecule has 0 aliphatic carbocycles. The number of nitrogens with two attached hydrogens (primary N) is 1. The second kappa shape index (κ2) is 6.42. The van der Waals surface area contributed by atoms with Crippen LogP contribution in [-0.2, 0) is 12.6 Å². The predicted octanol–water partition coefficient (Wildman–Crippen LogP) is 5.05. The van der Waals surface area contributed by atoms with Crippen molar-refractivity contribution >= 4 is 27.9 Å². The number of pyridine rings is 1. The lowest BCUT2D eigenvalue weighted by molar-refractivity contribution is -0.137. The Morgan fingerprint density at radius 1 is 1.36 bits per heavy atom. The van der Waals surface area contributed by atoms with E-state index in [1.807, 2.05) is 0 Å². The van der Waals surface area contributed by atoms with Gasteiger partial charge in [-0.2, -0.15) is 13.2 Å². The fraction of sp³-hybridized carbons (Fsp3) is 0.429. The lowest BCUT2D eigenvalue weighted by Gasteiger charge is -2.07. The maximum atomic E-state index is 12.6. The highest BCUT2D eigenvalue weighted by molar-refractivity contribution is 7.18. The van der Waals surface area contributed by atoms with Crippen molar-refractivity contribution in [3.8, 4) is 10.7 Å². The summed E-state index contributed by atoms with van der Waals surface area (Å²) in [4.78, 5) is 8.18. The zero-order chi connectivity index (χ0) is 16.5. The van der Waals surface area contributed by atoms with Crippen molar-refractivity contribution in [3.05, 3.63) is 28.5 Å². The first-order chi connectivity index (χ1) is 10.2. The Bertz CT molecular complexity index is 668. The van der Waals surface area contributed by atoms with Gasteiger partial charge < -0.3 is 5.73 Å². The van der Waals surface area contributed by atoms with E-state index in [1.165, 1.54) is 11.3 Å². The maximum absolute atomic E-state index is 12.6. The van der Waals surface area contributed by atoms with E-state index >= 15 is 0 Å². The number of aryl methyl sites for hydroxylation is 1. The largest absolute Gasteiger partial charge is 0.417 e. The Labute approximate surface area is 135 Å². The van der Waals surface area contributed by atoms with Crippen molar-refractivity contribution in [1.29, 1.82) is 0 Å². The molecule has 0 aliphatic rings. The van der Waals surface area contributed by atoms with Gasteiger partial charge in [-0.3, -0.25) is 4.98 Å². The van der Waals surface area contributed by atoms with Gasteiger partial charge in [0.2, 0.25) is 0 Å². The molecular weight excluding hydrogens is 335 g/mol. The van der Waals surface area contributed by atoms with Crippen LogP contribution in [0.25, 0.3) is 10.7 Å². The Morgan fingerprint density at radius 3 is 2.59 bits per heavy atom. The number of hydrogen-bond acceptors (Lipinski definition) is 4. The molecule has 0 bridgehead atoms. The van der Waals surface area contributed by atoms with E-state index in [9.17, 15) is 13.2 Å². The fourth-order valence-electron chi connectivity index (χ4n) is 1.82. The molecule has 0 saturated carbocycles. The van der Waals surface area contributed by atoms with Gasteiger partial charge in [0, 0.05) is 6.20 Å². The van der Waals surface area contributed by atoms with E-state index in [-0.39, 0.29) is 10.7 Å². The van der Waals surface area contributed by atoms with Crippen molar-refractivity contribution in [2.24, 2.45) is 5.92 Å². The van der Waals surface area contributed by atoms with E-state index in [0.717, 1.165) is 30.8 Å². The summed E-state index contributed by atoms with van der Waals surface area (Å²) in [7, 11) is 0. The van der Waals surface area contributed by atoms with Crippen LogP contribution in [0.5, 0.6) is 0 Å². The number of anilines is 1. The van der Waals surface area contributed by atoms with Gasteiger partial charge in [-0.25, -0.2) is 4.98 Å². The van der Waals surface area contributed by atoms with Crippen molar-refractivity contribution in [2.45, 2.75) is 32.9 Å². The normalized spacial score (nSPS) is 12.1. The molecule has 0 aliphatic heterocycles. The van der Waals surface area contributed by atoms with Gasteiger partial charge in [0.15, 0.2) is 0 Å². The van der Waals surface area contributed by atoms with Gasteiger partial charge in [0.25, 0.3) is 0 Å². The summed E-state index contributed by atoms with van der Waals surface area (Å²) in [6.45, 7) is 4.19. The third kappa shape index (κ3) is 3.89. The molecule has 8 heteroatoms. The van der Waals surface area contributed by atoms with Gasteiger partial charge >= 0.3 is 6.18 Å². The molecule has 22 heavy (non-hydrogen) atoms. The van der Waals surface area contributed by atoms with Crippen LogP contribution in [0, 0.1) is 5.92 Å². The molecule has 0 unspecified atom stereocenters. The molecule has 2 rings (SSSR count). The molecule has 0 spiro atoms. The first-order valence-corrected chi connectivity index (χ1v) is 7.86. The van der Waals surface area contributed by atoms with Gasteiger partial charge in [0.1, 0.15) is 15.7 Å². The lowest BCUT2D eigenvalue weighted by atomic mass is 10.1. The van der Waals surface area contributed by atoms with Crippen molar-refractivity contribution in [3.63, 3.8) is 0 Å². The third-order valence-corrected chi connectivity index (χ3v) is 4.28. The molecule has 2 aromatic rings. The van der Waals surface area contributed by atoms with Crippen LogP contribution in [0.3, 0.4) is 0 Å². The van der Waals surface area contributed by atoms with Crippen LogP contribution in [-0.4, -0.2) is 9.97 Å². The van der Waals surface area contributed by atoms with Crippen LogP contribution in [0.2, 0.25) is 5.02 Å². The highest BCUT2D eigenvalue weighted by Gasteiger charge is 2.32. The number of nitrogens with zero attached hydrogens (tertiary/aromatic N) is 2. The molecule has 3 nitrogen and oxygen atoms in total. The topological polar surface area (TPSA) is 51.8 Å². The first kappa shape index (κ1) is 17.0. The number of hydrogen-bond donors (Lipinski definition) is 1. The van der Waals surface area contributed by atoms with Crippen LogP contribution >= 0.6 is 22.9 Å². The molecule has 2 aromatic heterocycles. The summed E-state index contributed by atoms with van der Waals surface area (Å²) < 4.78 is 37.8. The van der Waals surface area contributed by atoms with Crippen LogP contribution < -0.4 is 5.73 Å². The minimum atomic E-state index is -4.47. The number of rotatable bonds is 4. The zero-order valence-corrected chi connectivity index (χ0v) is 13.6. The van der Waals surface area contributed by atoms with Crippen LogP contribution in [0.4, 0.5) is 18.2 Å². The SMILES string of the molecule is CC(C)CCc1nc(-c2ncc(C(F)(F)F)cc2Cl)sc1N. The van der Waals surface area contributed by atoms with Gasteiger partial charge in [0.05, 0.1) is 16.3 Å². The Morgan fingerprint density at radius 2 is 2.05 bits per heavy atom.